The van der Waals surface area contributed by atoms with E-state index in [0.717, 1.165) is 55.7 Å². The maximum absolute atomic E-state index is 6.62. The fourth-order valence-electron chi connectivity index (χ4n) is 4.82. The normalized spacial score (nSPS) is 18.1. The van der Waals surface area contributed by atoms with Crippen molar-refractivity contribution in [2.24, 2.45) is 5.10 Å². The summed E-state index contributed by atoms with van der Waals surface area (Å²) in [6.45, 7) is 2.88. The second kappa shape index (κ2) is 11.7. The average molecular weight is 649 g/mol. The van der Waals surface area contributed by atoms with E-state index in [0.29, 0.717) is 17.4 Å². The molecule has 2 aliphatic heterocycles. The zero-order valence-electron chi connectivity index (χ0n) is 20.8. The molecule has 194 valence electrons. The molecule has 0 N–H and O–H groups in total. The number of rotatable bonds is 9. The zero-order chi connectivity index (χ0) is 25.9. The highest BCUT2D eigenvalue weighted by atomic mass is 79.9. The molecule has 0 saturated carbocycles. The summed E-state index contributed by atoms with van der Waals surface area (Å²) in [7, 11) is 1.67. The number of unbranched alkanes of at least 4 members (excludes halogenated alkanes) is 3. The van der Waals surface area contributed by atoms with Crippen LogP contribution < -0.4 is 14.2 Å². The Morgan fingerprint density at radius 3 is 2.59 bits per heavy atom. The first-order chi connectivity index (χ1) is 18.0. The number of halogens is 3. The summed E-state index contributed by atoms with van der Waals surface area (Å²) >= 11 is 13.5. The molecule has 2 aliphatic rings. The lowest BCUT2D eigenvalue weighted by molar-refractivity contribution is -0.0198. The Bertz CT molecular complexity index is 1300. The van der Waals surface area contributed by atoms with Crippen LogP contribution in [0, 0.1) is 0 Å². The minimum atomic E-state index is -0.424. The van der Waals surface area contributed by atoms with E-state index in [2.05, 4.69) is 49.9 Å². The van der Waals surface area contributed by atoms with Gasteiger partial charge in [-0.2, -0.15) is 5.10 Å². The minimum Gasteiger partial charge on any atom is -0.493 e. The van der Waals surface area contributed by atoms with Crippen LogP contribution in [-0.4, -0.2) is 24.4 Å². The van der Waals surface area contributed by atoms with Crippen molar-refractivity contribution in [2.45, 2.75) is 51.3 Å². The molecule has 2 heterocycles. The molecular formula is C29H29Br2ClN2O3. The molecule has 0 radical (unpaired) electrons. The molecule has 0 aliphatic carbocycles. The third-order valence-corrected chi connectivity index (χ3v) is 8.01. The number of hydrazone groups is 1. The smallest absolute Gasteiger partial charge is 0.214 e. The summed E-state index contributed by atoms with van der Waals surface area (Å²) in [4.78, 5) is 0. The summed E-state index contributed by atoms with van der Waals surface area (Å²) in [5.74, 6) is 2.26. The van der Waals surface area contributed by atoms with Crippen molar-refractivity contribution in [3.63, 3.8) is 0 Å². The van der Waals surface area contributed by atoms with Crippen molar-refractivity contribution >= 4 is 49.2 Å². The van der Waals surface area contributed by atoms with E-state index in [1.54, 1.807) is 7.11 Å². The molecule has 0 bridgehead atoms. The SMILES string of the molecule is CCCCCCOc1ccc([C@@H]2Oc3c(Br)cc(Br)cc3[C@H]3CC(c4ccc(Cl)cc4)=NN32)cc1OC. The van der Waals surface area contributed by atoms with Crippen LogP contribution in [0.3, 0.4) is 0 Å². The van der Waals surface area contributed by atoms with Crippen molar-refractivity contribution in [1.82, 2.24) is 5.01 Å². The van der Waals surface area contributed by atoms with E-state index in [1.807, 2.05) is 48.5 Å². The molecule has 3 aromatic rings. The van der Waals surface area contributed by atoms with Gasteiger partial charge in [-0.3, -0.25) is 0 Å². The van der Waals surface area contributed by atoms with Crippen molar-refractivity contribution in [1.29, 1.82) is 0 Å². The molecule has 5 nitrogen and oxygen atoms in total. The molecule has 3 aromatic carbocycles. The summed E-state index contributed by atoms with van der Waals surface area (Å²) in [5, 5.41) is 7.83. The Hall–Kier alpha value is -2.22. The van der Waals surface area contributed by atoms with Gasteiger partial charge in [0.15, 0.2) is 11.5 Å². The van der Waals surface area contributed by atoms with Gasteiger partial charge in [0, 0.05) is 27.0 Å². The molecule has 5 rings (SSSR count). The fourth-order valence-corrected chi connectivity index (χ4v) is 6.30. The predicted molar refractivity (Wildman–Crippen MR) is 155 cm³/mol. The van der Waals surface area contributed by atoms with E-state index in [9.17, 15) is 0 Å². The topological polar surface area (TPSA) is 43.3 Å². The molecule has 0 aromatic heterocycles. The van der Waals surface area contributed by atoms with Crippen molar-refractivity contribution in [2.75, 3.05) is 13.7 Å². The number of hydrogen-bond acceptors (Lipinski definition) is 5. The first-order valence-corrected chi connectivity index (χ1v) is 14.5. The highest BCUT2D eigenvalue weighted by molar-refractivity contribution is 9.11. The summed E-state index contributed by atoms with van der Waals surface area (Å²) in [6, 6.07) is 18.0. The Kier molecular flexibility index (Phi) is 8.32. The molecule has 0 spiro atoms. The Morgan fingerprint density at radius 2 is 1.84 bits per heavy atom. The molecule has 8 heteroatoms. The predicted octanol–water partition coefficient (Wildman–Crippen LogP) is 9.08. The number of nitrogens with zero attached hydrogens (tertiary/aromatic N) is 2. The maximum atomic E-state index is 6.62. The number of hydrogen-bond donors (Lipinski definition) is 0. The third kappa shape index (κ3) is 5.64. The second-order valence-corrected chi connectivity index (χ2v) is 11.5. The lowest BCUT2D eigenvalue weighted by Crippen LogP contribution is -2.34. The van der Waals surface area contributed by atoms with Crippen LogP contribution in [0.4, 0.5) is 0 Å². The van der Waals surface area contributed by atoms with Gasteiger partial charge >= 0.3 is 0 Å². The molecule has 0 fully saturated rings. The standard InChI is InChI=1S/C29H29Br2ClN2O3/c1-3-4-5-6-13-36-26-12-9-19(14-27(26)35-2)29-34-25(22-15-20(30)16-23(31)28(22)37-29)17-24(33-34)18-7-10-21(32)11-8-18/h7-12,14-16,25,29H,3-6,13,17H2,1-2H3/t25-,29+/m1/s1. The van der Waals surface area contributed by atoms with Crippen molar-refractivity contribution < 1.29 is 14.2 Å². The van der Waals surface area contributed by atoms with Gasteiger partial charge in [-0.05, 0) is 70.4 Å². The minimum absolute atomic E-state index is 0.0220. The summed E-state index contributed by atoms with van der Waals surface area (Å²) in [6.07, 6.45) is 4.96. The molecular weight excluding hydrogens is 620 g/mol. The van der Waals surface area contributed by atoms with E-state index >= 15 is 0 Å². The lowest BCUT2D eigenvalue weighted by Gasteiger charge is -2.38. The fraction of sp³-hybridized carbons (Fsp3) is 0.345. The summed E-state index contributed by atoms with van der Waals surface area (Å²) in [5.41, 5.74) is 4.08. The van der Waals surface area contributed by atoms with E-state index in [-0.39, 0.29) is 6.04 Å². The molecule has 0 unspecified atom stereocenters. The third-order valence-electron chi connectivity index (χ3n) is 6.71. The van der Waals surface area contributed by atoms with Crippen molar-refractivity contribution in [3.8, 4) is 17.2 Å². The van der Waals surface area contributed by atoms with Crippen LogP contribution in [0.2, 0.25) is 5.02 Å². The van der Waals surface area contributed by atoms with Gasteiger partial charge in [0.1, 0.15) is 5.75 Å². The van der Waals surface area contributed by atoms with Crippen LogP contribution in [0.15, 0.2) is 68.6 Å². The van der Waals surface area contributed by atoms with Crippen LogP contribution in [0.1, 0.15) is 68.0 Å². The van der Waals surface area contributed by atoms with Crippen LogP contribution in [0.25, 0.3) is 0 Å². The summed E-state index contributed by atoms with van der Waals surface area (Å²) < 4.78 is 20.3. The van der Waals surface area contributed by atoms with Crippen LogP contribution in [-0.2, 0) is 0 Å². The van der Waals surface area contributed by atoms with E-state index in [1.165, 1.54) is 19.3 Å². The average Bonchev–Trinajstić information content (AvgIpc) is 3.34. The Labute approximate surface area is 240 Å². The van der Waals surface area contributed by atoms with Crippen LogP contribution >= 0.6 is 43.5 Å². The Morgan fingerprint density at radius 1 is 1.03 bits per heavy atom. The van der Waals surface area contributed by atoms with E-state index < -0.39 is 6.23 Å². The Balaban J connectivity index is 1.48. The highest BCUT2D eigenvalue weighted by Gasteiger charge is 2.42. The number of fused-ring (bicyclic) bond motifs is 3. The van der Waals surface area contributed by atoms with Gasteiger partial charge in [0.05, 0.1) is 29.9 Å². The molecule has 0 saturated heterocycles. The lowest BCUT2D eigenvalue weighted by atomic mass is 9.96. The van der Waals surface area contributed by atoms with Gasteiger partial charge in [-0.15, -0.1) is 0 Å². The van der Waals surface area contributed by atoms with Crippen LogP contribution in [0.5, 0.6) is 17.2 Å². The van der Waals surface area contributed by atoms with Gasteiger partial charge in [-0.1, -0.05) is 65.8 Å². The van der Waals surface area contributed by atoms with Gasteiger partial charge < -0.3 is 14.2 Å². The first-order valence-electron chi connectivity index (χ1n) is 12.6. The second-order valence-electron chi connectivity index (χ2n) is 9.25. The first kappa shape index (κ1) is 26.4. The quantitative estimate of drug-likeness (QED) is 0.217. The number of benzene rings is 3. The zero-order valence-corrected chi connectivity index (χ0v) is 24.8. The molecule has 37 heavy (non-hydrogen) atoms. The van der Waals surface area contributed by atoms with Gasteiger partial charge in [0.2, 0.25) is 6.23 Å². The number of methoxy groups -OCH3 is 1. The van der Waals surface area contributed by atoms with Gasteiger partial charge in [0.25, 0.3) is 0 Å². The molecule has 0 amide bonds. The van der Waals surface area contributed by atoms with Crippen molar-refractivity contribution in [3.05, 3.63) is 85.3 Å². The maximum Gasteiger partial charge on any atom is 0.214 e. The monoisotopic (exact) mass is 646 g/mol. The van der Waals surface area contributed by atoms with Gasteiger partial charge in [-0.25, -0.2) is 5.01 Å². The highest BCUT2D eigenvalue weighted by Crippen LogP contribution is 2.51. The number of ether oxygens (including phenoxy) is 3. The largest absolute Gasteiger partial charge is 0.493 e. The molecule has 2 atom stereocenters. The van der Waals surface area contributed by atoms with E-state index in [4.69, 9.17) is 30.9 Å².